The van der Waals surface area contributed by atoms with E-state index in [1.165, 1.54) is 6.07 Å². The highest BCUT2D eigenvalue weighted by atomic mass is 79.9. The predicted octanol–water partition coefficient (Wildman–Crippen LogP) is 3.86. The Kier molecular flexibility index (Phi) is 4.49. The summed E-state index contributed by atoms with van der Waals surface area (Å²) in [4.78, 5) is 15.0. The minimum atomic E-state index is -0.924. The summed E-state index contributed by atoms with van der Waals surface area (Å²) in [5.74, 6) is -1.42. The van der Waals surface area contributed by atoms with Crippen LogP contribution in [0.2, 0.25) is 0 Å². The lowest BCUT2D eigenvalue weighted by molar-refractivity contribution is -0.133. The van der Waals surface area contributed by atoms with Gasteiger partial charge in [0.15, 0.2) is 5.16 Å². The van der Waals surface area contributed by atoms with Gasteiger partial charge in [-0.05, 0) is 28.9 Å². The van der Waals surface area contributed by atoms with E-state index in [0.29, 0.717) is 15.1 Å². The summed E-state index contributed by atoms with van der Waals surface area (Å²) >= 11 is 4.25. The summed E-state index contributed by atoms with van der Waals surface area (Å²) in [6.07, 6.45) is 1.73. The molecule has 4 nitrogen and oxygen atoms in total. The van der Waals surface area contributed by atoms with Crippen LogP contribution < -0.4 is 0 Å². The highest BCUT2D eigenvalue weighted by Crippen LogP contribution is 2.31. The Hall–Kier alpha value is -1.34. The number of fused-ring (bicyclic) bond motifs is 1. The molecule has 0 fully saturated rings. The van der Waals surface area contributed by atoms with Gasteiger partial charge in [-0.2, -0.15) is 0 Å². The summed E-state index contributed by atoms with van der Waals surface area (Å²) in [6, 6.07) is 2.90. The largest absolute Gasteiger partial charge is 0.481 e. The zero-order valence-corrected chi connectivity index (χ0v) is 13.0. The third kappa shape index (κ3) is 2.88. The molecular weight excluding hydrogens is 347 g/mol. The van der Waals surface area contributed by atoms with E-state index in [-0.39, 0.29) is 11.8 Å². The molecule has 1 atom stereocenters. The topological polar surface area (TPSA) is 55.1 Å². The fourth-order valence-electron chi connectivity index (χ4n) is 1.80. The monoisotopic (exact) mass is 358 g/mol. The van der Waals surface area contributed by atoms with Crippen LogP contribution in [0.1, 0.15) is 13.0 Å². The van der Waals surface area contributed by atoms with Gasteiger partial charge in [-0.25, -0.2) is 9.37 Å². The Morgan fingerprint density at radius 3 is 3.00 bits per heavy atom. The molecule has 1 unspecified atom stereocenters. The van der Waals surface area contributed by atoms with Gasteiger partial charge in [0, 0.05) is 6.07 Å². The number of benzene rings is 1. The number of thioether (sulfide) groups is 1. The molecule has 1 heterocycles. The van der Waals surface area contributed by atoms with E-state index in [2.05, 4.69) is 27.5 Å². The van der Waals surface area contributed by atoms with Gasteiger partial charge in [-0.15, -0.1) is 6.58 Å². The minimum absolute atomic E-state index is 0.0753. The maximum atomic E-state index is 13.6. The summed E-state index contributed by atoms with van der Waals surface area (Å²) in [5, 5.41) is 9.31. The molecule has 0 saturated carbocycles. The van der Waals surface area contributed by atoms with Crippen LogP contribution in [0.25, 0.3) is 11.0 Å². The van der Waals surface area contributed by atoms with E-state index in [4.69, 9.17) is 5.11 Å². The van der Waals surface area contributed by atoms with Crippen molar-refractivity contribution in [2.75, 3.05) is 5.75 Å². The fraction of sp³-hybridized carbons (Fsp3) is 0.231. The molecule has 0 amide bonds. The molecular formula is C13H12BrFN2O2S. The van der Waals surface area contributed by atoms with Gasteiger partial charge in [-0.3, -0.25) is 4.79 Å². The second-order valence-electron chi connectivity index (χ2n) is 4.18. The summed E-state index contributed by atoms with van der Waals surface area (Å²) in [5.41, 5.74) is 1.23. The smallest absolute Gasteiger partial charge is 0.313 e. The number of carboxylic acids is 1. The van der Waals surface area contributed by atoms with Gasteiger partial charge in [0.1, 0.15) is 5.82 Å². The van der Waals surface area contributed by atoms with Gasteiger partial charge in [0.25, 0.3) is 0 Å². The second-order valence-corrected chi connectivity index (χ2v) is 5.97. The molecule has 1 aromatic heterocycles. The Labute approximate surface area is 127 Å². The summed E-state index contributed by atoms with van der Waals surface area (Å²) in [6.45, 7) is 5.65. The zero-order chi connectivity index (χ0) is 14.9. The number of rotatable bonds is 5. The quantitative estimate of drug-likeness (QED) is 0.651. The Morgan fingerprint density at radius 1 is 1.70 bits per heavy atom. The van der Waals surface area contributed by atoms with E-state index in [1.54, 1.807) is 12.1 Å². The normalized spacial score (nSPS) is 12.6. The van der Waals surface area contributed by atoms with E-state index >= 15 is 0 Å². The van der Waals surface area contributed by atoms with Gasteiger partial charge >= 0.3 is 5.97 Å². The molecule has 106 valence electrons. The molecule has 0 spiro atoms. The molecule has 0 saturated heterocycles. The number of imidazole rings is 1. The molecule has 1 N–H and O–H groups in total. The van der Waals surface area contributed by atoms with Crippen LogP contribution in [-0.2, 0) is 4.79 Å². The number of aromatic nitrogens is 2. The van der Waals surface area contributed by atoms with Crippen LogP contribution in [0.3, 0.4) is 0 Å². The third-order valence-electron chi connectivity index (χ3n) is 2.77. The maximum Gasteiger partial charge on any atom is 0.313 e. The number of allylic oxidation sites excluding steroid dienone is 1. The van der Waals surface area contributed by atoms with Gasteiger partial charge in [-0.1, -0.05) is 17.8 Å². The van der Waals surface area contributed by atoms with Gasteiger partial charge in [0.05, 0.1) is 27.3 Å². The fourth-order valence-corrected chi connectivity index (χ4v) is 2.95. The standard InChI is InChI=1S/C13H12BrFN2O2S/c1-3-7(2)17-11-4-8(14)9(15)5-10(11)16-13(17)20-6-12(18)19/h3-5,7H,1,6H2,2H3,(H,18,19). The first-order valence-corrected chi connectivity index (χ1v) is 7.56. The Balaban J connectivity index is 2.60. The van der Waals surface area contributed by atoms with Crippen molar-refractivity contribution in [1.29, 1.82) is 0 Å². The Bertz CT molecular complexity index is 687. The van der Waals surface area contributed by atoms with Crippen molar-refractivity contribution >= 4 is 44.7 Å². The van der Waals surface area contributed by atoms with Crippen LogP contribution in [0, 0.1) is 5.82 Å². The average Bonchev–Trinajstić information content (AvgIpc) is 2.73. The number of aliphatic carboxylic acids is 1. The number of carboxylic acid groups (broad SMARTS) is 1. The van der Waals surface area contributed by atoms with Crippen molar-refractivity contribution in [3.63, 3.8) is 0 Å². The first-order chi connectivity index (χ1) is 9.43. The average molecular weight is 359 g/mol. The Morgan fingerprint density at radius 2 is 2.40 bits per heavy atom. The van der Waals surface area contributed by atoms with E-state index in [1.807, 2.05) is 11.5 Å². The molecule has 2 rings (SSSR count). The number of hydrogen-bond donors (Lipinski definition) is 1. The molecule has 7 heteroatoms. The van der Waals surface area contributed by atoms with Crippen molar-refractivity contribution in [2.45, 2.75) is 18.1 Å². The SMILES string of the molecule is C=CC(C)n1c(SCC(=O)O)nc2cc(F)c(Br)cc21. The zero-order valence-electron chi connectivity index (χ0n) is 10.6. The third-order valence-corrected chi connectivity index (χ3v) is 4.32. The molecule has 2 aromatic rings. The van der Waals surface area contributed by atoms with Gasteiger partial charge in [0.2, 0.25) is 0 Å². The van der Waals surface area contributed by atoms with Crippen molar-refractivity contribution in [1.82, 2.24) is 9.55 Å². The number of nitrogens with zero attached hydrogens (tertiary/aromatic N) is 2. The predicted molar refractivity (Wildman–Crippen MR) is 80.7 cm³/mol. The second kappa shape index (κ2) is 5.97. The number of hydrogen-bond acceptors (Lipinski definition) is 3. The first kappa shape index (κ1) is 15.1. The van der Waals surface area contributed by atoms with Crippen molar-refractivity contribution in [3.8, 4) is 0 Å². The van der Waals surface area contributed by atoms with E-state index in [9.17, 15) is 9.18 Å². The van der Waals surface area contributed by atoms with Crippen molar-refractivity contribution in [3.05, 3.63) is 35.1 Å². The molecule has 0 bridgehead atoms. The van der Waals surface area contributed by atoms with Crippen LogP contribution in [-0.4, -0.2) is 26.4 Å². The molecule has 0 radical (unpaired) electrons. The van der Waals surface area contributed by atoms with Crippen molar-refractivity contribution < 1.29 is 14.3 Å². The molecule has 0 aliphatic carbocycles. The van der Waals surface area contributed by atoms with Crippen molar-refractivity contribution in [2.24, 2.45) is 0 Å². The first-order valence-electron chi connectivity index (χ1n) is 5.78. The van der Waals surface area contributed by atoms with E-state index < -0.39 is 11.8 Å². The van der Waals surface area contributed by atoms with Crippen LogP contribution in [0.15, 0.2) is 34.4 Å². The van der Waals surface area contributed by atoms with E-state index in [0.717, 1.165) is 17.3 Å². The lowest BCUT2D eigenvalue weighted by Crippen LogP contribution is -2.06. The number of halogens is 2. The lowest BCUT2D eigenvalue weighted by atomic mass is 10.2. The van der Waals surface area contributed by atoms with Gasteiger partial charge < -0.3 is 9.67 Å². The maximum absolute atomic E-state index is 13.6. The lowest BCUT2D eigenvalue weighted by Gasteiger charge is -2.13. The van der Waals surface area contributed by atoms with Crippen LogP contribution in [0.5, 0.6) is 0 Å². The molecule has 1 aromatic carbocycles. The highest BCUT2D eigenvalue weighted by molar-refractivity contribution is 9.10. The number of carbonyl (C=O) groups is 1. The summed E-state index contributed by atoms with van der Waals surface area (Å²) in [7, 11) is 0. The molecule has 20 heavy (non-hydrogen) atoms. The molecule has 0 aliphatic rings. The van der Waals surface area contributed by atoms with Crippen LogP contribution >= 0.6 is 27.7 Å². The highest BCUT2D eigenvalue weighted by Gasteiger charge is 2.17. The molecule has 0 aliphatic heterocycles. The minimum Gasteiger partial charge on any atom is -0.481 e. The summed E-state index contributed by atoms with van der Waals surface area (Å²) < 4.78 is 15.8. The van der Waals surface area contributed by atoms with Crippen LogP contribution in [0.4, 0.5) is 4.39 Å².